The first-order chi connectivity index (χ1) is 11.3. The number of thiophene rings is 1. The molecule has 0 aliphatic heterocycles. The predicted molar refractivity (Wildman–Crippen MR) is 108 cm³/mol. The molecule has 1 heterocycles. The van der Waals surface area contributed by atoms with Gasteiger partial charge in [0.05, 0.1) is 15.7 Å². The molecule has 0 fully saturated rings. The maximum atomic E-state index is 12.4. The molecule has 0 saturated heterocycles. The van der Waals surface area contributed by atoms with Gasteiger partial charge in [0.15, 0.2) is 0 Å². The van der Waals surface area contributed by atoms with Crippen molar-refractivity contribution < 1.29 is 4.21 Å². The molecule has 1 aromatic carbocycles. The van der Waals surface area contributed by atoms with Gasteiger partial charge in [-0.25, -0.2) is 8.93 Å². The van der Waals surface area contributed by atoms with Crippen molar-refractivity contribution in [2.75, 3.05) is 0 Å². The van der Waals surface area contributed by atoms with Crippen molar-refractivity contribution in [3.05, 3.63) is 59.5 Å². The lowest BCUT2D eigenvalue weighted by Crippen LogP contribution is -2.35. The summed E-state index contributed by atoms with van der Waals surface area (Å²) in [6.07, 6.45) is 3.69. The first kappa shape index (κ1) is 19.1. The molecule has 2 atom stereocenters. The predicted octanol–water partition coefficient (Wildman–Crippen LogP) is 5.65. The van der Waals surface area contributed by atoms with E-state index in [0.717, 1.165) is 18.4 Å². The van der Waals surface area contributed by atoms with Crippen molar-refractivity contribution in [1.82, 2.24) is 4.72 Å². The summed E-state index contributed by atoms with van der Waals surface area (Å²) in [6.45, 7) is 11.9. The number of rotatable bonds is 7. The number of hydrogen-bond donors (Lipinski definition) is 1. The van der Waals surface area contributed by atoms with E-state index in [-0.39, 0.29) is 10.8 Å². The zero-order chi connectivity index (χ0) is 17.7. The van der Waals surface area contributed by atoms with Gasteiger partial charge in [-0.3, -0.25) is 0 Å². The van der Waals surface area contributed by atoms with E-state index in [9.17, 15) is 4.21 Å². The third-order valence-corrected chi connectivity index (χ3v) is 6.51. The van der Waals surface area contributed by atoms with Crippen LogP contribution in [-0.4, -0.2) is 8.96 Å². The Morgan fingerprint density at radius 2 is 1.96 bits per heavy atom. The van der Waals surface area contributed by atoms with E-state index in [1.807, 2.05) is 26.8 Å². The lowest BCUT2D eigenvalue weighted by Gasteiger charge is -2.24. The quantitative estimate of drug-likeness (QED) is 0.635. The molecule has 2 aromatic rings. The molecule has 0 bridgehead atoms. The minimum absolute atomic E-state index is 0.0196. The molecule has 0 unspecified atom stereocenters. The van der Waals surface area contributed by atoms with Crippen molar-refractivity contribution >= 4 is 22.3 Å². The van der Waals surface area contributed by atoms with E-state index in [4.69, 9.17) is 0 Å². The summed E-state index contributed by atoms with van der Waals surface area (Å²) in [4.78, 5) is 1.30. The highest BCUT2D eigenvalue weighted by atomic mass is 32.2. The fraction of sp³-hybridized carbons (Fsp3) is 0.400. The topological polar surface area (TPSA) is 29.1 Å². The molecule has 0 radical (unpaired) electrons. The average Bonchev–Trinajstić information content (AvgIpc) is 3.02. The van der Waals surface area contributed by atoms with Gasteiger partial charge in [0, 0.05) is 10.9 Å². The minimum Gasteiger partial charge on any atom is -0.242 e. The second-order valence-corrected chi connectivity index (χ2v) is 9.78. The average molecular weight is 362 g/mol. The largest absolute Gasteiger partial charge is 0.242 e. The molecule has 1 aromatic heterocycles. The highest BCUT2D eigenvalue weighted by Gasteiger charge is 2.23. The van der Waals surface area contributed by atoms with Gasteiger partial charge in [-0.15, -0.1) is 17.9 Å². The van der Waals surface area contributed by atoms with Crippen LogP contribution >= 0.6 is 11.3 Å². The molecule has 0 saturated carbocycles. The Kier molecular flexibility index (Phi) is 6.55. The zero-order valence-electron chi connectivity index (χ0n) is 15.0. The third-order valence-electron chi connectivity index (χ3n) is 3.87. The van der Waals surface area contributed by atoms with E-state index >= 15 is 0 Å². The highest BCUT2D eigenvalue weighted by Crippen LogP contribution is 2.29. The van der Waals surface area contributed by atoms with Gasteiger partial charge in [-0.05, 0) is 61.7 Å². The molecule has 130 valence electrons. The normalized spacial score (nSPS) is 14.3. The van der Waals surface area contributed by atoms with Crippen LogP contribution in [0.1, 0.15) is 51.3 Å². The Labute approximate surface area is 152 Å². The van der Waals surface area contributed by atoms with Gasteiger partial charge < -0.3 is 0 Å². The molecular formula is C20H27NOS2. The van der Waals surface area contributed by atoms with Crippen LogP contribution in [0.25, 0.3) is 10.4 Å². The Morgan fingerprint density at radius 3 is 2.46 bits per heavy atom. The molecule has 0 aliphatic carbocycles. The van der Waals surface area contributed by atoms with Crippen LogP contribution in [0.15, 0.2) is 48.4 Å². The SMILES string of the molecule is C=CC[C@H](N[S@](=O)C(C)(C)C)c1ccc(-c2cc(CC)cs2)cc1. The van der Waals surface area contributed by atoms with Crippen LogP contribution in [0.4, 0.5) is 0 Å². The van der Waals surface area contributed by atoms with Gasteiger partial charge >= 0.3 is 0 Å². The number of hydrogen-bond acceptors (Lipinski definition) is 2. The fourth-order valence-electron chi connectivity index (χ4n) is 2.32. The Hall–Kier alpha value is -1.23. The van der Waals surface area contributed by atoms with E-state index in [2.05, 4.69) is 53.9 Å². The number of nitrogens with one attached hydrogen (secondary N) is 1. The summed E-state index contributed by atoms with van der Waals surface area (Å²) in [7, 11) is -1.10. The van der Waals surface area contributed by atoms with E-state index in [1.165, 1.54) is 16.0 Å². The molecule has 24 heavy (non-hydrogen) atoms. The molecule has 1 N–H and O–H groups in total. The van der Waals surface area contributed by atoms with Gasteiger partial charge in [-0.2, -0.15) is 0 Å². The van der Waals surface area contributed by atoms with Crippen LogP contribution in [0.3, 0.4) is 0 Å². The zero-order valence-corrected chi connectivity index (χ0v) is 16.6. The maximum Gasteiger partial charge on any atom is 0.0976 e. The number of benzene rings is 1. The molecule has 0 spiro atoms. The van der Waals surface area contributed by atoms with Gasteiger partial charge in [0.25, 0.3) is 0 Å². The van der Waals surface area contributed by atoms with Crippen LogP contribution < -0.4 is 4.72 Å². The fourth-order valence-corrected chi connectivity index (χ4v) is 4.17. The maximum absolute atomic E-state index is 12.4. The van der Waals surface area contributed by atoms with Crippen molar-refractivity contribution in [1.29, 1.82) is 0 Å². The second kappa shape index (κ2) is 8.24. The molecule has 4 heteroatoms. The third kappa shape index (κ3) is 4.88. The Balaban J connectivity index is 2.19. The summed E-state index contributed by atoms with van der Waals surface area (Å²) < 4.78 is 15.4. The van der Waals surface area contributed by atoms with Crippen LogP contribution in [0.5, 0.6) is 0 Å². The first-order valence-electron chi connectivity index (χ1n) is 8.31. The highest BCUT2D eigenvalue weighted by molar-refractivity contribution is 7.84. The molecule has 0 aliphatic rings. The van der Waals surface area contributed by atoms with E-state index < -0.39 is 11.0 Å². The summed E-state index contributed by atoms with van der Waals surface area (Å²) in [5.74, 6) is 0. The van der Waals surface area contributed by atoms with Crippen molar-refractivity contribution in [2.24, 2.45) is 0 Å². The van der Waals surface area contributed by atoms with Crippen LogP contribution in [0, 0.1) is 0 Å². The summed E-state index contributed by atoms with van der Waals surface area (Å²) >= 11 is 1.79. The van der Waals surface area contributed by atoms with Crippen LogP contribution in [-0.2, 0) is 17.4 Å². The van der Waals surface area contributed by atoms with Crippen LogP contribution in [0.2, 0.25) is 0 Å². The molecule has 2 nitrogen and oxygen atoms in total. The van der Waals surface area contributed by atoms with Crippen molar-refractivity contribution in [3.8, 4) is 10.4 Å². The lowest BCUT2D eigenvalue weighted by atomic mass is 10.0. The smallest absolute Gasteiger partial charge is 0.0976 e. The van der Waals surface area contributed by atoms with Crippen molar-refractivity contribution in [2.45, 2.75) is 51.3 Å². The van der Waals surface area contributed by atoms with E-state index in [1.54, 1.807) is 11.3 Å². The summed E-state index contributed by atoms with van der Waals surface area (Å²) in [5, 5.41) is 2.22. The monoisotopic (exact) mass is 361 g/mol. The molecule has 0 amide bonds. The standard InChI is InChI=1S/C20H27NOS2/c1-6-8-18(21-24(22)20(3,4)5)16-9-11-17(12-10-16)19-13-15(7-2)14-23-19/h6,9-14,18,21H,1,7-8H2,2-5H3/t18-,24+/m0/s1. The molecular weight excluding hydrogens is 334 g/mol. The Bertz CT molecular complexity index is 695. The molecule has 2 rings (SSSR count). The minimum atomic E-state index is -1.10. The Morgan fingerprint density at radius 1 is 1.29 bits per heavy atom. The lowest BCUT2D eigenvalue weighted by molar-refractivity contribution is 0.602. The second-order valence-electron chi connectivity index (χ2n) is 6.87. The van der Waals surface area contributed by atoms with Crippen molar-refractivity contribution in [3.63, 3.8) is 0 Å². The van der Waals surface area contributed by atoms with Gasteiger partial charge in [-0.1, -0.05) is 37.3 Å². The summed E-state index contributed by atoms with van der Waals surface area (Å²) in [6, 6.07) is 10.8. The first-order valence-corrected chi connectivity index (χ1v) is 10.3. The van der Waals surface area contributed by atoms with Gasteiger partial charge in [0.1, 0.15) is 0 Å². The summed E-state index contributed by atoms with van der Waals surface area (Å²) in [5.41, 5.74) is 3.76. The van der Waals surface area contributed by atoms with E-state index in [0.29, 0.717) is 0 Å². The number of aryl methyl sites for hydroxylation is 1. The van der Waals surface area contributed by atoms with Gasteiger partial charge in [0.2, 0.25) is 0 Å².